The normalized spacial score (nSPS) is 12.8. The number of rotatable bonds is 6. The van der Waals surface area contributed by atoms with E-state index in [0.717, 1.165) is 12.1 Å². The number of likely N-dealkylation sites (N-methyl/N-ethyl adjacent to an activating group) is 1. The van der Waals surface area contributed by atoms with E-state index in [1.807, 2.05) is 13.8 Å². The second-order valence-electron chi connectivity index (χ2n) is 5.66. The van der Waals surface area contributed by atoms with E-state index in [2.05, 4.69) is 10.6 Å². The topological polar surface area (TPSA) is 62.6 Å². The molecule has 3 N–H and O–H groups in total. The SMILES string of the molecule is CC(C)NC(=O)C[NH+](C)CC(=O)Nc1ccc(C(F)(F)F)cc1. The van der Waals surface area contributed by atoms with Crippen LogP contribution in [0.2, 0.25) is 0 Å². The molecule has 1 atom stereocenters. The smallest absolute Gasteiger partial charge is 0.349 e. The molecule has 0 aliphatic heterocycles. The molecule has 23 heavy (non-hydrogen) atoms. The number of hydrogen-bond acceptors (Lipinski definition) is 2. The van der Waals surface area contributed by atoms with Crippen molar-refractivity contribution in [3.8, 4) is 0 Å². The molecule has 5 nitrogen and oxygen atoms in total. The van der Waals surface area contributed by atoms with Gasteiger partial charge in [-0.25, -0.2) is 0 Å². The molecule has 0 heterocycles. The Morgan fingerprint density at radius 3 is 2.09 bits per heavy atom. The van der Waals surface area contributed by atoms with Crippen LogP contribution in [0.5, 0.6) is 0 Å². The van der Waals surface area contributed by atoms with Crippen LogP contribution in [-0.2, 0) is 15.8 Å². The van der Waals surface area contributed by atoms with E-state index in [-0.39, 0.29) is 36.6 Å². The van der Waals surface area contributed by atoms with Gasteiger partial charge in [0.1, 0.15) is 0 Å². The Hall–Kier alpha value is -2.09. The van der Waals surface area contributed by atoms with Gasteiger partial charge in [-0.1, -0.05) is 0 Å². The van der Waals surface area contributed by atoms with E-state index in [9.17, 15) is 22.8 Å². The minimum absolute atomic E-state index is 0.0243. The van der Waals surface area contributed by atoms with Gasteiger partial charge >= 0.3 is 6.18 Å². The van der Waals surface area contributed by atoms with E-state index in [1.165, 1.54) is 12.1 Å². The number of anilines is 1. The maximum atomic E-state index is 12.4. The monoisotopic (exact) mass is 332 g/mol. The Morgan fingerprint density at radius 2 is 1.61 bits per heavy atom. The van der Waals surface area contributed by atoms with Gasteiger partial charge in [-0.2, -0.15) is 13.2 Å². The molecule has 0 saturated carbocycles. The summed E-state index contributed by atoms with van der Waals surface area (Å²) in [4.78, 5) is 24.1. The minimum Gasteiger partial charge on any atom is -0.349 e. The van der Waals surface area contributed by atoms with Crippen molar-refractivity contribution in [2.24, 2.45) is 0 Å². The first-order chi connectivity index (χ1) is 10.6. The molecule has 0 aliphatic carbocycles. The number of halogens is 3. The summed E-state index contributed by atoms with van der Waals surface area (Å²) < 4.78 is 37.3. The van der Waals surface area contributed by atoms with Gasteiger partial charge in [0, 0.05) is 11.7 Å². The van der Waals surface area contributed by atoms with Crippen molar-refractivity contribution in [3.63, 3.8) is 0 Å². The number of nitrogens with one attached hydrogen (secondary N) is 3. The predicted molar refractivity (Wildman–Crippen MR) is 80.0 cm³/mol. The van der Waals surface area contributed by atoms with E-state index in [1.54, 1.807) is 7.05 Å². The number of alkyl halides is 3. The first-order valence-corrected chi connectivity index (χ1v) is 7.15. The molecular weight excluding hydrogens is 311 g/mol. The fourth-order valence-electron chi connectivity index (χ4n) is 1.93. The van der Waals surface area contributed by atoms with Crippen molar-refractivity contribution in [3.05, 3.63) is 29.8 Å². The number of benzene rings is 1. The van der Waals surface area contributed by atoms with Gasteiger partial charge in [0.05, 0.1) is 12.6 Å². The highest BCUT2D eigenvalue weighted by atomic mass is 19.4. The second-order valence-corrected chi connectivity index (χ2v) is 5.66. The number of carbonyl (C=O) groups is 2. The Bertz CT molecular complexity index is 542. The van der Waals surface area contributed by atoms with E-state index in [0.29, 0.717) is 4.90 Å². The summed E-state index contributed by atoms with van der Waals surface area (Å²) in [7, 11) is 1.69. The van der Waals surface area contributed by atoms with Crippen molar-refractivity contribution in [2.75, 3.05) is 25.5 Å². The molecule has 0 aromatic heterocycles. The van der Waals surface area contributed by atoms with Crippen LogP contribution >= 0.6 is 0 Å². The summed E-state index contributed by atoms with van der Waals surface area (Å²) in [6.07, 6.45) is -4.41. The zero-order valence-electron chi connectivity index (χ0n) is 13.3. The molecule has 0 bridgehead atoms. The average Bonchev–Trinajstić information content (AvgIpc) is 2.36. The summed E-state index contributed by atoms with van der Waals surface area (Å²) in [5.74, 6) is -0.542. The van der Waals surface area contributed by atoms with Crippen LogP contribution in [0, 0.1) is 0 Å². The third-order valence-corrected chi connectivity index (χ3v) is 2.87. The van der Waals surface area contributed by atoms with E-state index in [4.69, 9.17) is 0 Å². The van der Waals surface area contributed by atoms with Gasteiger partial charge < -0.3 is 15.5 Å². The number of quaternary nitrogens is 1. The molecule has 8 heteroatoms. The number of amides is 2. The molecule has 1 rings (SSSR count). The van der Waals surface area contributed by atoms with Crippen LogP contribution in [-0.4, -0.2) is 38.0 Å². The Morgan fingerprint density at radius 1 is 1.09 bits per heavy atom. The Kier molecular flexibility index (Phi) is 6.56. The highest BCUT2D eigenvalue weighted by Crippen LogP contribution is 2.29. The van der Waals surface area contributed by atoms with Crippen molar-refractivity contribution in [1.82, 2.24) is 5.32 Å². The van der Waals surface area contributed by atoms with Crippen LogP contribution in [0.3, 0.4) is 0 Å². The molecule has 0 aliphatic rings. The van der Waals surface area contributed by atoms with Crippen molar-refractivity contribution >= 4 is 17.5 Å². The third-order valence-electron chi connectivity index (χ3n) is 2.87. The van der Waals surface area contributed by atoms with Gasteiger partial charge in [0.15, 0.2) is 13.1 Å². The zero-order valence-corrected chi connectivity index (χ0v) is 13.3. The van der Waals surface area contributed by atoms with Gasteiger partial charge in [-0.3, -0.25) is 9.59 Å². The lowest BCUT2D eigenvalue weighted by molar-refractivity contribution is -0.862. The number of hydrogen-bond donors (Lipinski definition) is 3. The average molecular weight is 332 g/mol. The Labute approximate surface area is 132 Å². The van der Waals surface area contributed by atoms with E-state index < -0.39 is 11.7 Å². The quantitative estimate of drug-likeness (QED) is 0.718. The molecule has 0 saturated heterocycles. The van der Waals surface area contributed by atoms with Gasteiger partial charge in [0.2, 0.25) is 0 Å². The number of carbonyl (C=O) groups excluding carboxylic acids is 2. The van der Waals surface area contributed by atoms with Gasteiger partial charge in [-0.05, 0) is 38.1 Å². The highest BCUT2D eigenvalue weighted by molar-refractivity contribution is 5.91. The predicted octanol–water partition coefficient (Wildman–Crippen LogP) is 0.683. The first-order valence-electron chi connectivity index (χ1n) is 7.15. The largest absolute Gasteiger partial charge is 0.416 e. The maximum Gasteiger partial charge on any atom is 0.416 e. The van der Waals surface area contributed by atoms with Crippen LogP contribution in [0.4, 0.5) is 18.9 Å². The fourth-order valence-corrected chi connectivity index (χ4v) is 1.93. The minimum atomic E-state index is -4.41. The van der Waals surface area contributed by atoms with E-state index >= 15 is 0 Å². The van der Waals surface area contributed by atoms with Gasteiger partial charge in [0.25, 0.3) is 11.8 Å². The summed E-state index contributed by atoms with van der Waals surface area (Å²) in [6, 6.07) is 4.23. The lowest BCUT2D eigenvalue weighted by Gasteiger charge is -2.15. The van der Waals surface area contributed by atoms with Gasteiger partial charge in [-0.15, -0.1) is 0 Å². The van der Waals surface area contributed by atoms with Crippen LogP contribution in [0.15, 0.2) is 24.3 Å². The van der Waals surface area contributed by atoms with Crippen molar-refractivity contribution in [1.29, 1.82) is 0 Å². The molecule has 1 aromatic carbocycles. The van der Waals surface area contributed by atoms with Crippen LogP contribution < -0.4 is 15.5 Å². The zero-order chi connectivity index (χ0) is 17.6. The lowest BCUT2D eigenvalue weighted by Crippen LogP contribution is -3.11. The molecule has 0 fully saturated rings. The Balaban J connectivity index is 2.48. The summed E-state index contributed by atoms with van der Waals surface area (Å²) in [5.41, 5.74) is -0.494. The summed E-state index contributed by atoms with van der Waals surface area (Å²) in [5, 5.41) is 5.23. The molecule has 1 unspecified atom stereocenters. The molecule has 2 amide bonds. The maximum absolute atomic E-state index is 12.4. The molecule has 128 valence electrons. The fraction of sp³-hybridized carbons (Fsp3) is 0.467. The third kappa shape index (κ3) is 7.14. The molecular formula is C15H21F3N3O2+. The van der Waals surface area contributed by atoms with Crippen molar-refractivity contribution < 1.29 is 27.7 Å². The summed E-state index contributed by atoms with van der Waals surface area (Å²) in [6.45, 7) is 3.85. The molecule has 0 spiro atoms. The van der Waals surface area contributed by atoms with Crippen molar-refractivity contribution in [2.45, 2.75) is 26.1 Å². The highest BCUT2D eigenvalue weighted by Gasteiger charge is 2.30. The van der Waals surface area contributed by atoms with Crippen LogP contribution in [0.1, 0.15) is 19.4 Å². The standard InChI is InChI=1S/C15H20F3N3O2/c1-10(2)19-13(22)8-21(3)9-14(23)20-12-6-4-11(5-7-12)15(16,17)18/h4-7,10H,8-9H2,1-3H3,(H,19,22)(H,20,23)/p+1. The summed E-state index contributed by atoms with van der Waals surface area (Å²) >= 11 is 0. The lowest BCUT2D eigenvalue weighted by atomic mass is 10.2. The first kappa shape index (κ1) is 19.0. The second kappa shape index (κ2) is 7.96. The molecule has 0 radical (unpaired) electrons. The molecule has 1 aromatic rings. The van der Waals surface area contributed by atoms with Crippen LogP contribution in [0.25, 0.3) is 0 Å².